The van der Waals surface area contributed by atoms with Gasteiger partial charge in [0.05, 0.1) is 12.6 Å². The van der Waals surface area contributed by atoms with Gasteiger partial charge in [-0.25, -0.2) is 4.79 Å². The molecule has 0 spiro atoms. The van der Waals surface area contributed by atoms with E-state index in [1.807, 2.05) is 44.2 Å². The van der Waals surface area contributed by atoms with Crippen molar-refractivity contribution in [1.82, 2.24) is 5.32 Å². The Bertz CT molecular complexity index is 685. The summed E-state index contributed by atoms with van der Waals surface area (Å²) in [7, 11) is 0. The fourth-order valence-corrected chi connectivity index (χ4v) is 2.23. The van der Waals surface area contributed by atoms with E-state index in [1.54, 1.807) is 24.3 Å². The van der Waals surface area contributed by atoms with Crippen LogP contribution in [0.15, 0.2) is 54.6 Å². The number of carbonyl (C=O) groups excluding carboxylic acids is 2. The van der Waals surface area contributed by atoms with Gasteiger partial charge in [0.25, 0.3) is 5.91 Å². The van der Waals surface area contributed by atoms with Crippen LogP contribution in [0.2, 0.25) is 0 Å². The normalized spacial score (nSPS) is 11.4. The number of para-hydroxylation sites is 1. The summed E-state index contributed by atoms with van der Waals surface area (Å²) in [6, 6.07) is 16.2. The van der Waals surface area contributed by atoms with E-state index in [-0.39, 0.29) is 18.6 Å². The maximum Gasteiger partial charge on any atom is 0.342 e. The lowest BCUT2D eigenvalue weighted by atomic mass is 10.1. The predicted molar refractivity (Wildman–Crippen MR) is 90.9 cm³/mol. The lowest BCUT2D eigenvalue weighted by Crippen LogP contribution is -2.31. The number of nitrogens with one attached hydrogen (secondary N) is 1. The van der Waals surface area contributed by atoms with E-state index in [4.69, 9.17) is 9.47 Å². The van der Waals surface area contributed by atoms with Crippen LogP contribution in [0.25, 0.3) is 0 Å². The minimum absolute atomic E-state index is 0.159. The lowest BCUT2D eigenvalue weighted by molar-refractivity contribution is -0.124. The van der Waals surface area contributed by atoms with E-state index in [2.05, 4.69) is 5.32 Å². The first-order valence-electron chi connectivity index (χ1n) is 7.85. The molecule has 1 amide bonds. The number of hydrogen-bond acceptors (Lipinski definition) is 4. The van der Waals surface area contributed by atoms with Crippen LogP contribution in [0.1, 0.15) is 35.8 Å². The minimum atomic E-state index is -0.582. The molecule has 1 atom stereocenters. The SMILES string of the molecule is CCOc1ccccc1C(=O)OCC(=O)N[C@@H](C)c1ccccc1. The number of rotatable bonds is 7. The number of esters is 1. The Balaban J connectivity index is 1.89. The molecule has 2 aromatic carbocycles. The summed E-state index contributed by atoms with van der Waals surface area (Å²) in [5, 5.41) is 2.80. The quantitative estimate of drug-likeness (QED) is 0.794. The van der Waals surface area contributed by atoms with Crippen LogP contribution in [-0.4, -0.2) is 25.1 Å². The first kappa shape index (κ1) is 17.5. The van der Waals surface area contributed by atoms with Crippen molar-refractivity contribution in [2.75, 3.05) is 13.2 Å². The highest BCUT2D eigenvalue weighted by molar-refractivity contribution is 5.94. The van der Waals surface area contributed by atoms with Crippen LogP contribution in [0.5, 0.6) is 5.75 Å². The number of hydrogen-bond donors (Lipinski definition) is 1. The van der Waals surface area contributed by atoms with Gasteiger partial charge >= 0.3 is 5.97 Å². The average Bonchev–Trinajstić information content (AvgIpc) is 2.61. The molecule has 0 saturated carbocycles. The minimum Gasteiger partial charge on any atom is -0.493 e. The topological polar surface area (TPSA) is 64.6 Å². The van der Waals surface area contributed by atoms with Gasteiger partial charge < -0.3 is 14.8 Å². The van der Waals surface area contributed by atoms with E-state index in [0.29, 0.717) is 17.9 Å². The highest BCUT2D eigenvalue weighted by Crippen LogP contribution is 2.19. The van der Waals surface area contributed by atoms with Gasteiger partial charge in [0.15, 0.2) is 6.61 Å². The summed E-state index contributed by atoms with van der Waals surface area (Å²) >= 11 is 0. The molecule has 2 rings (SSSR count). The molecule has 1 N–H and O–H groups in total. The van der Waals surface area contributed by atoms with E-state index in [1.165, 1.54) is 0 Å². The van der Waals surface area contributed by atoms with Crippen LogP contribution in [0.3, 0.4) is 0 Å². The van der Waals surface area contributed by atoms with Crippen LogP contribution < -0.4 is 10.1 Å². The zero-order valence-electron chi connectivity index (χ0n) is 13.8. The molecule has 5 nitrogen and oxygen atoms in total. The van der Waals surface area contributed by atoms with E-state index in [9.17, 15) is 9.59 Å². The van der Waals surface area contributed by atoms with Crippen LogP contribution in [-0.2, 0) is 9.53 Å². The molecular weight excluding hydrogens is 306 g/mol. The molecule has 0 fully saturated rings. The van der Waals surface area contributed by atoms with Gasteiger partial charge in [-0.2, -0.15) is 0 Å². The van der Waals surface area contributed by atoms with Crippen molar-refractivity contribution in [3.05, 3.63) is 65.7 Å². The van der Waals surface area contributed by atoms with Crippen molar-refractivity contribution in [2.24, 2.45) is 0 Å². The zero-order valence-corrected chi connectivity index (χ0v) is 13.8. The molecule has 0 unspecified atom stereocenters. The molecule has 0 aliphatic heterocycles. The van der Waals surface area contributed by atoms with Crippen LogP contribution in [0.4, 0.5) is 0 Å². The summed E-state index contributed by atoms with van der Waals surface area (Å²) < 4.78 is 10.5. The Kier molecular flexibility index (Phi) is 6.37. The largest absolute Gasteiger partial charge is 0.493 e. The van der Waals surface area contributed by atoms with Gasteiger partial charge in [-0.05, 0) is 31.5 Å². The molecule has 0 saturated heterocycles. The third-order valence-corrected chi connectivity index (χ3v) is 3.42. The van der Waals surface area contributed by atoms with E-state index >= 15 is 0 Å². The summed E-state index contributed by atoms with van der Waals surface area (Å²) in [5.74, 6) is -0.488. The van der Waals surface area contributed by atoms with Crippen molar-refractivity contribution in [3.63, 3.8) is 0 Å². The monoisotopic (exact) mass is 327 g/mol. The number of carbonyl (C=O) groups is 2. The first-order valence-corrected chi connectivity index (χ1v) is 7.85. The summed E-state index contributed by atoms with van der Waals surface area (Å²) in [6.45, 7) is 3.82. The third-order valence-electron chi connectivity index (χ3n) is 3.42. The maximum atomic E-state index is 12.1. The Hall–Kier alpha value is -2.82. The second-order valence-electron chi connectivity index (χ2n) is 5.21. The molecule has 0 aliphatic carbocycles. The fraction of sp³-hybridized carbons (Fsp3) is 0.263. The predicted octanol–water partition coefficient (Wildman–Crippen LogP) is 3.12. The van der Waals surface area contributed by atoms with Gasteiger partial charge in [0.2, 0.25) is 0 Å². The van der Waals surface area contributed by atoms with Gasteiger partial charge in [-0.1, -0.05) is 42.5 Å². The second kappa shape index (κ2) is 8.72. The molecule has 0 aromatic heterocycles. The summed E-state index contributed by atoms with van der Waals surface area (Å²) in [6.07, 6.45) is 0. The number of benzene rings is 2. The standard InChI is InChI=1S/C19H21NO4/c1-3-23-17-12-8-7-11-16(17)19(22)24-13-18(21)20-14(2)15-9-5-4-6-10-15/h4-12,14H,3,13H2,1-2H3,(H,20,21)/t14-/m0/s1. The van der Waals surface area contributed by atoms with Crippen molar-refractivity contribution < 1.29 is 19.1 Å². The van der Waals surface area contributed by atoms with Crippen LogP contribution in [0, 0.1) is 0 Å². The molecule has 0 bridgehead atoms. The average molecular weight is 327 g/mol. The second-order valence-corrected chi connectivity index (χ2v) is 5.21. The number of amides is 1. The number of ether oxygens (including phenoxy) is 2. The van der Waals surface area contributed by atoms with Crippen molar-refractivity contribution in [1.29, 1.82) is 0 Å². The summed E-state index contributed by atoms with van der Waals surface area (Å²) in [4.78, 5) is 24.1. The van der Waals surface area contributed by atoms with Crippen molar-refractivity contribution in [2.45, 2.75) is 19.9 Å². The molecule has 0 aliphatic rings. The zero-order chi connectivity index (χ0) is 17.4. The highest BCUT2D eigenvalue weighted by atomic mass is 16.5. The lowest BCUT2D eigenvalue weighted by Gasteiger charge is -2.14. The smallest absolute Gasteiger partial charge is 0.342 e. The molecule has 126 valence electrons. The Morgan fingerprint density at radius 1 is 1.04 bits per heavy atom. The molecule has 0 heterocycles. The van der Waals surface area contributed by atoms with Gasteiger partial charge in [0, 0.05) is 0 Å². The Labute approximate surface area is 141 Å². The maximum absolute atomic E-state index is 12.1. The highest BCUT2D eigenvalue weighted by Gasteiger charge is 2.16. The first-order chi connectivity index (χ1) is 11.6. The summed E-state index contributed by atoms with van der Waals surface area (Å²) in [5.41, 5.74) is 1.29. The molecule has 0 radical (unpaired) electrons. The Morgan fingerprint density at radius 2 is 1.71 bits per heavy atom. The van der Waals surface area contributed by atoms with Gasteiger partial charge in [0.1, 0.15) is 11.3 Å². The van der Waals surface area contributed by atoms with Gasteiger partial charge in [-0.15, -0.1) is 0 Å². The molecule has 2 aromatic rings. The van der Waals surface area contributed by atoms with Crippen LogP contribution >= 0.6 is 0 Å². The van der Waals surface area contributed by atoms with E-state index in [0.717, 1.165) is 5.56 Å². The molecule has 5 heteroatoms. The Morgan fingerprint density at radius 3 is 2.42 bits per heavy atom. The molecular formula is C19H21NO4. The molecule has 24 heavy (non-hydrogen) atoms. The van der Waals surface area contributed by atoms with Crippen molar-refractivity contribution in [3.8, 4) is 5.75 Å². The van der Waals surface area contributed by atoms with E-state index < -0.39 is 5.97 Å². The van der Waals surface area contributed by atoms with Gasteiger partial charge in [-0.3, -0.25) is 4.79 Å². The van der Waals surface area contributed by atoms with Crippen molar-refractivity contribution >= 4 is 11.9 Å². The third kappa shape index (κ3) is 4.84. The fourth-order valence-electron chi connectivity index (χ4n) is 2.23.